The van der Waals surface area contributed by atoms with E-state index in [2.05, 4.69) is 21.2 Å². The summed E-state index contributed by atoms with van der Waals surface area (Å²) in [6.45, 7) is -0.00333. The number of likely N-dealkylation sites (tertiary alicyclic amines) is 1. The van der Waals surface area contributed by atoms with Crippen LogP contribution in [0.4, 0.5) is 13.2 Å². The summed E-state index contributed by atoms with van der Waals surface area (Å²) < 4.78 is 37.9. The van der Waals surface area contributed by atoms with Crippen molar-refractivity contribution in [2.45, 2.75) is 31.5 Å². The summed E-state index contributed by atoms with van der Waals surface area (Å²) in [6, 6.07) is 7.13. The zero-order valence-electron chi connectivity index (χ0n) is 12.2. The van der Waals surface area contributed by atoms with Crippen molar-refractivity contribution in [3.63, 3.8) is 0 Å². The van der Waals surface area contributed by atoms with Crippen LogP contribution < -0.4 is 5.32 Å². The molecule has 8 heteroatoms. The number of carbonyl (C=O) groups excluding carboxylic acids is 2. The Morgan fingerprint density at radius 1 is 1.22 bits per heavy atom. The Kier molecular flexibility index (Phi) is 5.67. The van der Waals surface area contributed by atoms with Crippen LogP contribution >= 0.6 is 15.9 Å². The maximum absolute atomic E-state index is 12.4. The standard InChI is InChI=1S/C15H16BrF3N2O2/c16-12-4-2-1-3-10(12)9-13(22)20-11-5-7-21(8-6-11)14(23)15(17,18)19/h1-4,11H,5-9H2,(H,20,22). The van der Waals surface area contributed by atoms with Gasteiger partial charge in [-0.25, -0.2) is 0 Å². The fraction of sp³-hybridized carbons (Fsp3) is 0.467. The molecular weight excluding hydrogens is 377 g/mol. The zero-order valence-corrected chi connectivity index (χ0v) is 13.8. The number of carbonyl (C=O) groups is 2. The Morgan fingerprint density at radius 3 is 2.39 bits per heavy atom. The van der Waals surface area contributed by atoms with Gasteiger partial charge in [-0.15, -0.1) is 0 Å². The van der Waals surface area contributed by atoms with Crippen molar-refractivity contribution in [3.05, 3.63) is 34.3 Å². The Hall–Kier alpha value is -1.57. The van der Waals surface area contributed by atoms with Gasteiger partial charge >= 0.3 is 12.1 Å². The lowest BCUT2D eigenvalue weighted by atomic mass is 10.0. The molecule has 1 N–H and O–H groups in total. The van der Waals surface area contributed by atoms with Crippen molar-refractivity contribution in [2.24, 2.45) is 0 Å². The highest BCUT2D eigenvalue weighted by Crippen LogP contribution is 2.22. The van der Waals surface area contributed by atoms with Gasteiger partial charge in [0.15, 0.2) is 0 Å². The molecule has 0 unspecified atom stereocenters. The molecule has 0 radical (unpaired) electrons. The molecule has 0 saturated carbocycles. The predicted molar refractivity (Wildman–Crippen MR) is 81.6 cm³/mol. The number of amides is 2. The van der Waals surface area contributed by atoms with E-state index in [4.69, 9.17) is 0 Å². The van der Waals surface area contributed by atoms with Gasteiger partial charge in [-0.3, -0.25) is 9.59 Å². The third-order valence-corrected chi connectivity index (χ3v) is 4.47. The Labute approximate surface area is 140 Å². The van der Waals surface area contributed by atoms with Gasteiger partial charge in [0.05, 0.1) is 6.42 Å². The van der Waals surface area contributed by atoms with E-state index in [1.54, 1.807) is 0 Å². The summed E-state index contributed by atoms with van der Waals surface area (Å²) in [5, 5.41) is 2.81. The van der Waals surface area contributed by atoms with Gasteiger partial charge in [0, 0.05) is 23.6 Å². The number of hydrogen-bond donors (Lipinski definition) is 1. The average Bonchev–Trinajstić information content (AvgIpc) is 2.49. The fourth-order valence-electron chi connectivity index (χ4n) is 2.50. The first-order chi connectivity index (χ1) is 10.8. The van der Waals surface area contributed by atoms with Crippen LogP contribution in [0.1, 0.15) is 18.4 Å². The van der Waals surface area contributed by atoms with Crippen LogP contribution in [0.5, 0.6) is 0 Å². The first kappa shape index (κ1) is 17.8. The number of hydrogen-bond acceptors (Lipinski definition) is 2. The number of rotatable bonds is 3. The number of nitrogens with one attached hydrogen (secondary N) is 1. The molecule has 4 nitrogen and oxygen atoms in total. The van der Waals surface area contributed by atoms with Crippen molar-refractivity contribution in [1.29, 1.82) is 0 Å². The summed E-state index contributed by atoms with van der Waals surface area (Å²) in [4.78, 5) is 23.9. The van der Waals surface area contributed by atoms with Crippen LogP contribution in [0.15, 0.2) is 28.7 Å². The Bertz CT molecular complexity index is 584. The second kappa shape index (κ2) is 7.33. The molecule has 2 rings (SSSR count). The number of piperidine rings is 1. The van der Waals surface area contributed by atoms with Gasteiger partial charge in [-0.05, 0) is 24.5 Å². The largest absolute Gasteiger partial charge is 0.471 e. The quantitative estimate of drug-likeness (QED) is 0.859. The minimum Gasteiger partial charge on any atom is -0.353 e. The summed E-state index contributed by atoms with van der Waals surface area (Å²) in [7, 11) is 0. The number of halogens is 4. The van der Waals surface area contributed by atoms with Crippen LogP contribution in [0.3, 0.4) is 0 Å². The molecule has 1 aromatic rings. The fourth-order valence-corrected chi connectivity index (χ4v) is 2.92. The van der Waals surface area contributed by atoms with Crippen LogP contribution in [-0.2, 0) is 16.0 Å². The summed E-state index contributed by atoms with van der Waals surface area (Å²) in [5.74, 6) is -1.99. The van der Waals surface area contributed by atoms with Gasteiger partial charge in [0.1, 0.15) is 0 Å². The van der Waals surface area contributed by atoms with Crippen molar-refractivity contribution in [2.75, 3.05) is 13.1 Å². The monoisotopic (exact) mass is 392 g/mol. The van der Waals surface area contributed by atoms with E-state index in [0.29, 0.717) is 12.8 Å². The molecule has 0 spiro atoms. The van der Waals surface area contributed by atoms with Gasteiger partial charge in [0.2, 0.25) is 5.91 Å². The number of nitrogens with zero attached hydrogens (tertiary/aromatic N) is 1. The van der Waals surface area contributed by atoms with E-state index in [0.717, 1.165) is 14.9 Å². The van der Waals surface area contributed by atoms with Gasteiger partial charge < -0.3 is 10.2 Å². The molecule has 0 bridgehead atoms. The van der Waals surface area contributed by atoms with Crippen LogP contribution in [0.25, 0.3) is 0 Å². The molecule has 1 saturated heterocycles. The van der Waals surface area contributed by atoms with Gasteiger partial charge in [0.25, 0.3) is 0 Å². The van der Waals surface area contributed by atoms with E-state index in [1.807, 2.05) is 24.3 Å². The first-order valence-corrected chi connectivity index (χ1v) is 7.95. The lowest BCUT2D eigenvalue weighted by molar-refractivity contribution is -0.186. The molecule has 23 heavy (non-hydrogen) atoms. The van der Waals surface area contributed by atoms with E-state index in [1.165, 1.54) is 0 Å². The van der Waals surface area contributed by atoms with Crippen molar-refractivity contribution < 1.29 is 22.8 Å². The Balaban J connectivity index is 1.81. The molecule has 0 aromatic heterocycles. The predicted octanol–water partition coefficient (Wildman–Crippen LogP) is 2.66. The van der Waals surface area contributed by atoms with E-state index >= 15 is 0 Å². The summed E-state index contributed by atoms with van der Waals surface area (Å²) in [5.41, 5.74) is 0.842. The highest BCUT2D eigenvalue weighted by atomic mass is 79.9. The molecule has 1 fully saturated rings. The molecule has 126 valence electrons. The minimum absolute atomic E-state index is 0.00167. The lowest BCUT2D eigenvalue weighted by Gasteiger charge is -2.32. The molecular formula is C15H16BrF3N2O2. The first-order valence-electron chi connectivity index (χ1n) is 7.16. The van der Waals surface area contributed by atoms with E-state index in [9.17, 15) is 22.8 Å². The van der Waals surface area contributed by atoms with Crippen LogP contribution in [0.2, 0.25) is 0 Å². The molecule has 1 heterocycles. The number of benzene rings is 1. The van der Waals surface area contributed by atoms with Crippen LogP contribution in [-0.4, -0.2) is 42.0 Å². The third-order valence-electron chi connectivity index (χ3n) is 3.70. The lowest BCUT2D eigenvalue weighted by Crippen LogP contribution is -2.50. The van der Waals surface area contributed by atoms with Crippen molar-refractivity contribution in [1.82, 2.24) is 10.2 Å². The normalized spacial score (nSPS) is 16.3. The number of alkyl halides is 3. The average molecular weight is 393 g/mol. The van der Waals surface area contributed by atoms with E-state index < -0.39 is 12.1 Å². The smallest absolute Gasteiger partial charge is 0.353 e. The molecule has 0 atom stereocenters. The highest BCUT2D eigenvalue weighted by molar-refractivity contribution is 9.10. The molecule has 0 aliphatic carbocycles. The third kappa shape index (κ3) is 4.95. The topological polar surface area (TPSA) is 49.4 Å². The summed E-state index contributed by atoms with van der Waals surface area (Å²) in [6.07, 6.45) is -3.99. The second-order valence-electron chi connectivity index (χ2n) is 5.40. The molecule has 1 aliphatic heterocycles. The molecule has 1 aromatic carbocycles. The zero-order chi connectivity index (χ0) is 17.0. The van der Waals surface area contributed by atoms with Crippen LogP contribution in [0, 0.1) is 0 Å². The van der Waals surface area contributed by atoms with E-state index in [-0.39, 0.29) is 31.5 Å². The van der Waals surface area contributed by atoms with Gasteiger partial charge in [-0.2, -0.15) is 13.2 Å². The Morgan fingerprint density at radius 2 is 1.83 bits per heavy atom. The molecule has 2 amide bonds. The maximum Gasteiger partial charge on any atom is 0.471 e. The molecule has 1 aliphatic rings. The highest BCUT2D eigenvalue weighted by Gasteiger charge is 2.43. The SMILES string of the molecule is O=C(Cc1ccccc1Br)NC1CCN(C(=O)C(F)(F)F)CC1. The maximum atomic E-state index is 12.4. The minimum atomic E-state index is -4.84. The second-order valence-corrected chi connectivity index (χ2v) is 6.25. The van der Waals surface area contributed by atoms with Crippen molar-refractivity contribution in [3.8, 4) is 0 Å². The van der Waals surface area contributed by atoms with Gasteiger partial charge in [-0.1, -0.05) is 34.1 Å². The summed E-state index contributed by atoms with van der Waals surface area (Å²) >= 11 is 3.36. The van der Waals surface area contributed by atoms with Crippen molar-refractivity contribution >= 4 is 27.7 Å².